The van der Waals surface area contributed by atoms with E-state index in [0.29, 0.717) is 12.3 Å². The molecule has 210 valence electrons. The number of amidine groups is 1. The molecule has 0 aliphatic heterocycles. The van der Waals surface area contributed by atoms with Gasteiger partial charge < -0.3 is 0 Å². The third-order valence-corrected chi connectivity index (χ3v) is 7.17. The predicted molar refractivity (Wildman–Crippen MR) is 132 cm³/mol. The molecule has 0 fully saturated rings. The molecule has 3 rings (SSSR count). The van der Waals surface area contributed by atoms with Crippen molar-refractivity contribution in [3.05, 3.63) is 71.7 Å². The first-order valence-corrected chi connectivity index (χ1v) is 12.9. The molecule has 0 aliphatic carbocycles. The van der Waals surface area contributed by atoms with Crippen LogP contribution in [-0.2, 0) is 27.0 Å². The summed E-state index contributed by atoms with van der Waals surface area (Å²) in [5.41, 5.74) is -2.11. The van der Waals surface area contributed by atoms with E-state index in [1.54, 1.807) is 6.07 Å². The van der Waals surface area contributed by atoms with Crippen LogP contribution < -0.4 is 4.90 Å². The molecule has 3 aromatic rings. The van der Waals surface area contributed by atoms with E-state index < -0.39 is 67.9 Å². The van der Waals surface area contributed by atoms with Gasteiger partial charge in [0, 0.05) is 24.9 Å². The number of anilines is 1. The number of aliphatic imine (C=N–C) groups is 1. The molecule has 0 saturated carbocycles. The standard InChI is InChI=1S/C25H19F6N5O3S/c1-3-40(38,39)20-12-17(16-4-6-18(7-5-16)24(26,27)28)13-34-22(20)23(35-15(2)37)36(11-10-32)21-9-8-19(14-33-21)25(29,30)31/h4-9,12-14H,3,11H2,1-2H3. The third-order valence-electron chi connectivity index (χ3n) is 5.42. The highest BCUT2D eigenvalue weighted by Crippen LogP contribution is 2.33. The van der Waals surface area contributed by atoms with Gasteiger partial charge in [-0.05, 0) is 35.9 Å². The summed E-state index contributed by atoms with van der Waals surface area (Å²) >= 11 is 0. The lowest BCUT2D eigenvalue weighted by molar-refractivity contribution is -0.138. The topological polar surface area (TPSA) is 116 Å². The van der Waals surface area contributed by atoms with Crippen LogP contribution in [0.25, 0.3) is 11.1 Å². The second kappa shape index (κ2) is 11.4. The number of pyridine rings is 2. The van der Waals surface area contributed by atoms with Crippen LogP contribution in [0.3, 0.4) is 0 Å². The van der Waals surface area contributed by atoms with Crippen molar-refractivity contribution in [3.63, 3.8) is 0 Å². The largest absolute Gasteiger partial charge is 0.417 e. The Morgan fingerprint density at radius 3 is 2.02 bits per heavy atom. The summed E-state index contributed by atoms with van der Waals surface area (Å²) in [5.74, 6) is -2.05. The van der Waals surface area contributed by atoms with Crippen LogP contribution in [0, 0.1) is 11.3 Å². The average molecular weight is 584 g/mol. The molecule has 1 amide bonds. The van der Waals surface area contributed by atoms with Crippen LogP contribution in [0.1, 0.15) is 30.7 Å². The molecule has 0 N–H and O–H groups in total. The van der Waals surface area contributed by atoms with Gasteiger partial charge in [-0.3, -0.25) is 14.7 Å². The molecule has 0 atom stereocenters. The average Bonchev–Trinajstić information content (AvgIpc) is 2.89. The first-order chi connectivity index (χ1) is 18.6. The highest BCUT2D eigenvalue weighted by molar-refractivity contribution is 7.91. The maximum absolute atomic E-state index is 13.1. The lowest BCUT2D eigenvalue weighted by atomic mass is 10.0. The number of aromatic nitrogens is 2. The molecule has 1 aromatic carbocycles. The number of halogens is 6. The van der Waals surface area contributed by atoms with Gasteiger partial charge in [-0.25, -0.2) is 13.4 Å². The van der Waals surface area contributed by atoms with Crippen molar-refractivity contribution in [2.75, 3.05) is 17.2 Å². The molecule has 0 bridgehead atoms. The molecule has 2 heterocycles. The second-order valence-electron chi connectivity index (χ2n) is 8.15. The number of carbonyl (C=O) groups excluding carboxylic acids is 1. The van der Waals surface area contributed by atoms with Crippen LogP contribution in [0.15, 0.2) is 64.7 Å². The van der Waals surface area contributed by atoms with Crippen molar-refractivity contribution in [1.29, 1.82) is 5.26 Å². The number of benzene rings is 1. The van der Waals surface area contributed by atoms with Crippen molar-refractivity contribution >= 4 is 27.4 Å². The molecule has 0 aliphatic rings. The van der Waals surface area contributed by atoms with Crippen LogP contribution in [0.5, 0.6) is 0 Å². The van der Waals surface area contributed by atoms with Crippen molar-refractivity contribution < 1.29 is 39.6 Å². The van der Waals surface area contributed by atoms with Gasteiger partial charge in [-0.1, -0.05) is 19.1 Å². The van der Waals surface area contributed by atoms with Gasteiger partial charge in [0.05, 0.1) is 27.8 Å². The number of nitriles is 1. The summed E-state index contributed by atoms with van der Waals surface area (Å²) in [4.78, 5) is 24.2. The fourth-order valence-electron chi connectivity index (χ4n) is 3.45. The Labute approximate surface area is 224 Å². The quantitative estimate of drug-likeness (QED) is 0.167. The fourth-order valence-corrected chi connectivity index (χ4v) is 4.51. The van der Waals surface area contributed by atoms with Gasteiger partial charge in [-0.15, -0.1) is 0 Å². The zero-order valence-corrected chi connectivity index (χ0v) is 21.6. The zero-order chi connectivity index (χ0) is 29.9. The van der Waals surface area contributed by atoms with E-state index >= 15 is 0 Å². The molecule has 0 saturated heterocycles. The first-order valence-electron chi connectivity index (χ1n) is 11.3. The molecule has 8 nitrogen and oxygen atoms in total. The number of rotatable bonds is 6. The highest BCUT2D eigenvalue weighted by Gasteiger charge is 2.33. The van der Waals surface area contributed by atoms with E-state index in [1.807, 2.05) is 0 Å². The van der Waals surface area contributed by atoms with Gasteiger partial charge in [0.2, 0.25) is 5.91 Å². The number of sulfone groups is 1. The van der Waals surface area contributed by atoms with Crippen LogP contribution in [0.2, 0.25) is 0 Å². The van der Waals surface area contributed by atoms with Crippen molar-refractivity contribution in [2.24, 2.45) is 4.99 Å². The third kappa shape index (κ3) is 6.81. The molecule has 15 heteroatoms. The summed E-state index contributed by atoms with van der Waals surface area (Å²) < 4.78 is 104. The van der Waals surface area contributed by atoms with Crippen molar-refractivity contribution in [3.8, 4) is 17.2 Å². The monoisotopic (exact) mass is 583 g/mol. The summed E-state index contributed by atoms with van der Waals surface area (Å²) in [7, 11) is -4.14. The molecule has 0 unspecified atom stereocenters. The van der Waals surface area contributed by atoms with E-state index in [2.05, 4.69) is 15.0 Å². The van der Waals surface area contributed by atoms with Gasteiger partial charge >= 0.3 is 12.4 Å². The molecule has 40 heavy (non-hydrogen) atoms. The summed E-state index contributed by atoms with van der Waals surface area (Å²) in [6, 6.07) is 8.37. The lowest BCUT2D eigenvalue weighted by Gasteiger charge is -2.24. The predicted octanol–water partition coefficient (Wildman–Crippen LogP) is 5.30. The Morgan fingerprint density at radius 1 is 0.950 bits per heavy atom. The number of hydrogen-bond acceptors (Lipinski definition) is 6. The summed E-state index contributed by atoms with van der Waals surface area (Å²) in [6.07, 6.45) is -7.67. The fraction of sp³-hybridized carbons (Fsp3) is 0.240. The molecule has 0 spiro atoms. The normalized spacial score (nSPS) is 12.6. The number of amides is 1. The summed E-state index contributed by atoms with van der Waals surface area (Å²) in [5, 5.41) is 9.40. The van der Waals surface area contributed by atoms with E-state index in [-0.39, 0.29) is 16.9 Å². The Kier molecular flexibility index (Phi) is 8.63. The SMILES string of the molecule is CCS(=O)(=O)c1cc(-c2ccc(C(F)(F)F)cc2)cnc1C(=NC(C)=O)N(CC#N)c1ccc(C(F)(F)F)cn1. The smallest absolute Gasteiger partial charge is 0.295 e. The maximum Gasteiger partial charge on any atom is 0.417 e. The molecule has 0 radical (unpaired) electrons. The van der Waals surface area contributed by atoms with Crippen molar-refractivity contribution in [1.82, 2.24) is 9.97 Å². The van der Waals surface area contributed by atoms with Crippen LogP contribution in [-0.4, -0.2) is 42.4 Å². The van der Waals surface area contributed by atoms with Gasteiger partial charge in [0.15, 0.2) is 15.7 Å². The van der Waals surface area contributed by atoms with E-state index in [4.69, 9.17) is 0 Å². The van der Waals surface area contributed by atoms with E-state index in [9.17, 15) is 44.8 Å². The van der Waals surface area contributed by atoms with Crippen LogP contribution >= 0.6 is 0 Å². The Morgan fingerprint density at radius 2 is 1.55 bits per heavy atom. The Bertz CT molecular complexity index is 1580. The molecule has 2 aromatic heterocycles. The molecular formula is C25H19F6N5O3S. The minimum absolute atomic E-state index is 0.117. The Hall–Kier alpha value is -4.32. The number of alkyl halides is 6. The van der Waals surface area contributed by atoms with Gasteiger partial charge in [-0.2, -0.15) is 36.6 Å². The first kappa shape index (κ1) is 30.2. The zero-order valence-electron chi connectivity index (χ0n) is 20.7. The maximum atomic E-state index is 13.1. The minimum Gasteiger partial charge on any atom is -0.295 e. The minimum atomic E-state index is -4.71. The number of carbonyl (C=O) groups is 1. The van der Waals surface area contributed by atoms with Crippen molar-refractivity contribution in [2.45, 2.75) is 31.1 Å². The van der Waals surface area contributed by atoms with E-state index in [0.717, 1.165) is 54.4 Å². The lowest BCUT2D eigenvalue weighted by Crippen LogP contribution is -2.35. The highest BCUT2D eigenvalue weighted by atomic mass is 32.2. The number of nitrogens with zero attached hydrogens (tertiary/aromatic N) is 5. The number of hydrogen-bond donors (Lipinski definition) is 0. The van der Waals surface area contributed by atoms with Gasteiger partial charge in [0.25, 0.3) is 0 Å². The Balaban J connectivity index is 2.24. The van der Waals surface area contributed by atoms with E-state index in [1.165, 1.54) is 6.92 Å². The van der Waals surface area contributed by atoms with Crippen LogP contribution in [0.4, 0.5) is 32.2 Å². The summed E-state index contributed by atoms with van der Waals surface area (Å²) in [6.45, 7) is 1.73. The van der Waals surface area contributed by atoms with Gasteiger partial charge in [0.1, 0.15) is 18.1 Å². The second-order valence-corrected chi connectivity index (χ2v) is 10.4. The molecular weight excluding hydrogens is 564 g/mol.